The van der Waals surface area contributed by atoms with Gasteiger partial charge in [-0.3, -0.25) is 42.9 Å². The third-order valence-corrected chi connectivity index (χ3v) is 16.6. The fourth-order valence-electron chi connectivity index (χ4n) is 11.3. The minimum Gasteiger partial charge on any atom is -0.480 e. The molecule has 1 saturated carbocycles. The van der Waals surface area contributed by atoms with Crippen molar-refractivity contribution in [3.8, 4) is 16.1 Å². The Morgan fingerprint density at radius 3 is 2.45 bits per heavy atom. The third kappa shape index (κ3) is 8.42. The summed E-state index contributed by atoms with van der Waals surface area (Å²) in [6, 6.07) is 15.5. The van der Waals surface area contributed by atoms with Crippen molar-refractivity contribution in [3.63, 3.8) is 0 Å². The molecule has 7 heterocycles. The van der Waals surface area contributed by atoms with Crippen LogP contribution in [0.5, 0.6) is 0 Å². The minimum absolute atomic E-state index is 0.00580. The van der Waals surface area contributed by atoms with E-state index in [2.05, 4.69) is 39.8 Å². The topological polar surface area (TPSA) is 215 Å². The number of carbonyl (C=O) groups excluding carboxylic acids is 4. The number of piperidine rings is 2. The fraction of sp³-hybridized carbons (Fsp3) is 0.385. The van der Waals surface area contributed by atoms with Crippen molar-refractivity contribution in [2.24, 2.45) is 18.0 Å². The lowest BCUT2D eigenvalue weighted by Crippen LogP contribution is -2.57. The molecule has 4 amide bonds. The van der Waals surface area contributed by atoms with E-state index in [1.54, 1.807) is 41.4 Å². The van der Waals surface area contributed by atoms with Gasteiger partial charge in [0.1, 0.15) is 41.3 Å². The van der Waals surface area contributed by atoms with Crippen LogP contribution in [0.25, 0.3) is 37.9 Å². The largest absolute Gasteiger partial charge is 0.480 e. The van der Waals surface area contributed by atoms with E-state index in [9.17, 15) is 19.2 Å². The molecule has 0 bridgehead atoms. The van der Waals surface area contributed by atoms with Gasteiger partial charge in [0.25, 0.3) is 0 Å². The molecule has 0 unspecified atom stereocenters. The average molecular weight is 1030 g/mol. The van der Waals surface area contributed by atoms with Gasteiger partial charge in [-0.15, -0.1) is 21.5 Å². The van der Waals surface area contributed by atoms with E-state index < -0.39 is 48.3 Å². The van der Waals surface area contributed by atoms with Crippen LogP contribution in [-0.4, -0.2) is 123 Å². The Bertz CT molecular complexity index is 3460. The highest BCUT2D eigenvalue weighted by molar-refractivity contribution is 7.15. The highest BCUT2D eigenvalue weighted by Crippen LogP contribution is 2.56. The van der Waals surface area contributed by atoms with Gasteiger partial charge in [-0.2, -0.15) is 10.2 Å². The van der Waals surface area contributed by atoms with Crippen molar-refractivity contribution in [1.29, 1.82) is 0 Å². The number of aliphatic imine (C=N–C) groups is 1. The summed E-state index contributed by atoms with van der Waals surface area (Å²) in [5.74, 6) is -1.99. The van der Waals surface area contributed by atoms with Crippen molar-refractivity contribution >= 4 is 80.1 Å². The first-order chi connectivity index (χ1) is 35.1. The number of nitrogens with zero attached hydrogens (tertiary/aromatic N) is 10. The lowest BCUT2D eigenvalue weighted by Gasteiger charge is -2.41. The molecule has 18 nitrogen and oxygen atoms in total. The number of rotatable bonds is 12. The monoisotopic (exact) mass is 1030 g/mol. The maximum absolute atomic E-state index is 16.2. The number of nitrogens with one attached hydrogen (secondary N) is 2. The molecule has 4 aliphatic rings. The van der Waals surface area contributed by atoms with Gasteiger partial charge >= 0.3 is 5.97 Å². The summed E-state index contributed by atoms with van der Waals surface area (Å²) in [7, 11) is 1.79. The van der Waals surface area contributed by atoms with Gasteiger partial charge in [0, 0.05) is 70.0 Å². The molecule has 3 N–H and O–H groups in total. The first kappa shape index (κ1) is 48.0. The number of benzene rings is 3. The van der Waals surface area contributed by atoms with Gasteiger partial charge in [-0.1, -0.05) is 35.9 Å². The molecule has 0 radical (unpaired) electrons. The van der Waals surface area contributed by atoms with Crippen molar-refractivity contribution in [1.82, 2.24) is 54.8 Å². The number of carboxylic acids is 1. The van der Waals surface area contributed by atoms with E-state index in [1.165, 1.54) is 10.7 Å². The number of carbonyl (C=O) groups is 5. The zero-order valence-corrected chi connectivity index (χ0v) is 42.2. The van der Waals surface area contributed by atoms with E-state index >= 15 is 9.18 Å². The standard InChI is InChI=1S/C52H52ClFN12O6S/c1-27-28(2)73-50-45(27)47(30-10-12-34(53)13-11-30)58-38(49-60-59-29(3)66(49)50)21-43(69)64-16-6-7-33-22-52(33,64)51(72)63-17-14-31(15-18-63)48-46-35(36-20-40-32(19-37(36)54)23-57-62(40)4)8-5-9-39(46)65(61-48)26-42(68)55-24-41(67)56-25-44(70)71/h5,8-13,19-20,23,31,33,38H,6-7,14-18,21-22,24-26H2,1-4H3,(H,55,68)(H,56,67)(H,70,71)/t33-,38+,52+/m1/s1. The molecule has 2 saturated heterocycles. The molecule has 7 aromatic rings. The molecule has 3 aliphatic heterocycles. The number of aryl methyl sites for hydroxylation is 3. The number of hydrogen-bond donors (Lipinski definition) is 3. The molecule has 11 rings (SSSR count). The van der Waals surface area contributed by atoms with Crippen molar-refractivity contribution < 1.29 is 33.5 Å². The van der Waals surface area contributed by atoms with Crippen LogP contribution in [0.2, 0.25) is 5.02 Å². The number of thiophene rings is 1. The second-order valence-electron chi connectivity index (χ2n) is 19.5. The second kappa shape index (κ2) is 18.6. The molecular formula is C52H52ClFN12O6S. The minimum atomic E-state index is -1.21. The number of amides is 4. The molecule has 376 valence electrons. The lowest BCUT2D eigenvalue weighted by molar-refractivity contribution is -0.151. The molecule has 73 heavy (non-hydrogen) atoms. The van der Waals surface area contributed by atoms with Gasteiger partial charge in [0.2, 0.25) is 23.6 Å². The summed E-state index contributed by atoms with van der Waals surface area (Å²) in [4.78, 5) is 76.7. The normalized spacial score (nSPS) is 19.5. The Labute approximate surface area is 427 Å². The second-order valence-corrected chi connectivity index (χ2v) is 21.2. The summed E-state index contributed by atoms with van der Waals surface area (Å²) in [6.45, 7) is 6.00. The Kier molecular flexibility index (Phi) is 12.2. The van der Waals surface area contributed by atoms with Gasteiger partial charge in [0.15, 0.2) is 5.82 Å². The van der Waals surface area contributed by atoms with E-state index in [0.717, 1.165) is 50.6 Å². The van der Waals surface area contributed by atoms with Gasteiger partial charge in [-0.05, 0) is 100 Å². The van der Waals surface area contributed by atoms with E-state index in [4.69, 9.17) is 26.8 Å². The van der Waals surface area contributed by atoms with Crippen LogP contribution in [0.4, 0.5) is 4.39 Å². The van der Waals surface area contributed by atoms with Crippen LogP contribution in [0, 0.1) is 32.5 Å². The zero-order valence-electron chi connectivity index (χ0n) is 40.6. The first-order valence-electron chi connectivity index (χ1n) is 24.4. The number of aromatic nitrogens is 7. The molecule has 1 aliphatic carbocycles. The highest BCUT2D eigenvalue weighted by atomic mass is 35.5. The van der Waals surface area contributed by atoms with Crippen molar-refractivity contribution in [3.05, 3.63) is 111 Å². The molecule has 21 heteroatoms. The van der Waals surface area contributed by atoms with E-state index in [-0.39, 0.29) is 36.6 Å². The van der Waals surface area contributed by atoms with Crippen LogP contribution < -0.4 is 10.6 Å². The first-order valence-corrected chi connectivity index (χ1v) is 25.6. The molecular weight excluding hydrogens is 975 g/mol. The Morgan fingerprint density at radius 2 is 1.68 bits per heavy atom. The predicted octanol–water partition coefficient (Wildman–Crippen LogP) is 6.34. The van der Waals surface area contributed by atoms with Crippen LogP contribution in [0.15, 0.2) is 65.8 Å². The summed E-state index contributed by atoms with van der Waals surface area (Å²) < 4.78 is 21.4. The number of halogens is 2. The lowest BCUT2D eigenvalue weighted by atomic mass is 9.88. The smallest absolute Gasteiger partial charge is 0.322 e. The highest BCUT2D eigenvalue weighted by Gasteiger charge is 2.67. The average Bonchev–Trinajstić information content (AvgIpc) is 3.48. The molecule has 4 aromatic heterocycles. The molecule has 3 aromatic carbocycles. The number of fused-ring (bicyclic) bond motifs is 6. The maximum atomic E-state index is 16.2. The Morgan fingerprint density at radius 1 is 0.918 bits per heavy atom. The number of carboxylic acid groups (broad SMARTS) is 1. The maximum Gasteiger partial charge on any atom is 0.322 e. The van der Waals surface area contributed by atoms with E-state index in [1.807, 2.05) is 57.7 Å². The van der Waals surface area contributed by atoms with Crippen LogP contribution >= 0.6 is 22.9 Å². The summed E-state index contributed by atoms with van der Waals surface area (Å²) in [5.41, 5.74) is 5.58. The van der Waals surface area contributed by atoms with Crippen LogP contribution in [-0.2, 0) is 37.6 Å². The van der Waals surface area contributed by atoms with Gasteiger partial charge in [-0.25, -0.2) is 4.39 Å². The molecule has 0 spiro atoms. The SMILES string of the molecule is Cc1sc2c(c1C)C(c1ccc(Cl)cc1)=N[C@@H](CC(=O)N1CCC[C@@H]3C[C@@]31C(=O)N1CCC(c3nn(CC(=O)NCC(=O)NCC(=O)O)c4cccc(-c5cc6c(cnn6C)cc5F)c34)CC1)c1nnc(C)n1-2. The molecule has 3 atom stereocenters. The zero-order chi connectivity index (χ0) is 51.0. The summed E-state index contributed by atoms with van der Waals surface area (Å²) >= 11 is 7.99. The number of likely N-dealkylation sites (tertiary alicyclic amines) is 2. The third-order valence-electron chi connectivity index (χ3n) is 15.2. The predicted molar refractivity (Wildman–Crippen MR) is 271 cm³/mol. The van der Waals surface area contributed by atoms with Crippen LogP contribution in [0.1, 0.15) is 89.4 Å². The molecule has 3 fully saturated rings. The summed E-state index contributed by atoms with van der Waals surface area (Å²) in [6.07, 6.45) is 4.84. The Hall–Kier alpha value is -7.32. The van der Waals surface area contributed by atoms with E-state index in [0.29, 0.717) is 88.7 Å². The summed E-state index contributed by atoms with van der Waals surface area (Å²) in [5, 5.41) is 35.0. The fourth-order valence-corrected chi connectivity index (χ4v) is 12.7. The van der Waals surface area contributed by atoms with Crippen LogP contribution in [0.3, 0.4) is 0 Å². The Balaban J connectivity index is 0.864. The van der Waals surface area contributed by atoms with Gasteiger partial charge < -0.3 is 25.5 Å². The van der Waals surface area contributed by atoms with Crippen molar-refractivity contribution in [2.75, 3.05) is 32.7 Å². The quantitative estimate of drug-likeness (QED) is 0.124. The number of hydrogen-bond acceptors (Lipinski definition) is 11. The van der Waals surface area contributed by atoms with Crippen molar-refractivity contribution in [2.45, 2.75) is 83.3 Å². The van der Waals surface area contributed by atoms with Gasteiger partial charge in [0.05, 0.1) is 41.6 Å². The number of aliphatic carboxylic acids is 1.